The van der Waals surface area contributed by atoms with Gasteiger partial charge in [-0.15, -0.1) is 0 Å². The molecular formula is C13H11Cl2N3O. The largest absolute Gasteiger partial charge is 0.398 e. The lowest BCUT2D eigenvalue weighted by Crippen LogP contribution is -2.13. The summed E-state index contributed by atoms with van der Waals surface area (Å²) in [5, 5.41) is 3.43. The predicted octanol–water partition coefficient (Wildman–Crippen LogP) is 3.53. The number of nitrogens with two attached hydrogens (primary N) is 1. The molecule has 0 radical (unpaired) electrons. The van der Waals surface area contributed by atoms with Gasteiger partial charge in [0, 0.05) is 18.1 Å². The highest BCUT2D eigenvalue weighted by atomic mass is 35.5. The lowest BCUT2D eigenvalue weighted by molar-refractivity contribution is 0.102. The SMILES string of the molecule is Cc1cc(N)c(Cl)cc1NC(=O)c1ccncc1Cl. The summed E-state index contributed by atoms with van der Waals surface area (Å²) >= 11 is 11.8. The number of benzene rings is 1. The summed E-state index contributed by atoms with van der Waals surface area (Å²) in [6, 6.07) is 4.86. The Labute approximate surface area is 120 Å². The molecule has 1 heterocycles. The number of aromatic nitrogens is 1. The van der Waals surface area contributed by atoms with Crippen molar-refractivity contribution >= 4 is 40.5 Å². The van der Waals surface area contributed by atoms with Gasteiger partial charge in [0.25, 0.3) is 5.91 Å². The summed E-state index contributed by atoms with van der Waals surface area (Å²) in [5.41, 5.74) is 7.92. The normalized spacial score (nSPS) is 10.3. The molecule has 0 saturated heterocycles. The maximum Gasteiger partial charge on any atom is 0.257 e. The van der Waals surface area contributed by atoms with Crippen LogP contribution in [0.4, 0.5) is 11.4 Å². The van der Waals surface area contributed by atoms with Gasteiger partial charge < -0.3 is 11.1 Å². The molecule has 6 heteroatoms. The molecule has 0 aliphatic heterocycles. The van der Waals surface area contributed by atoms with Crippen molar-refractivity contribution in [2.24, 2.45) is 0 Å². The molecule has 2 aromatic rings. The molecule has 1 amide bonds. The first-order chi connectivity index (χ1) is 8.99. The van der Waals surface area contributed by atoms with Crippen molar-refractivity contribution in [1.29, 1.82) is 0 Å². The molecule has 0 fully saturated rings. The Kier molecular flexibility index (Phi) is 3.93. The first kappa shape index (κ1) is 13.6. The molecule has 0 aliphatic carbocycles. The van der Waals surface area contributed by atoms with E-state index in [9.17, 15) is 4.79 Å². The van der Waals surface area contributed by atoms with E-state index in [4.69, 9.17) is 28.9 Å². The van der Waals surface area contributed by atoms with Crippen LogP contribution in [0.5, 0.6) is 0 Å². The van der Waals surface area contributed by atoms with Gasteiger partial charge in [0.05, 0.1) is 21.3 Å². The number of halogens is 2. The second-order valence-electron chi connectivity index (χ2n) is 4.00. The van der Waals surface area contributed by atoms with E-state index in [2.05, 4.69) is 10.3 Å². The third kappa shape index (κ3) is 2.97. The quantitative estimate of drug-likeness (QED) is 0.833. The van der Waals surface area contributed by atoms with E-state index < -0.39 is 0 Å². The molecule has 0 saturated carbocycles. The van der Waals surface area contributed by atoms with Crippen LogP contribution in [0.2, 0.25) is 10.0 Å². The highest BCUT2D eigenvalue weighted by molar-refractivity contribution is 6.34. The lowest BCUT2D eigenvalue weighted by atomic mass is 10.1. The van der Waals surface area contributed by atoms with Crippen molar-refractivity contribution in [3.05, 3.63) is 51.8 Å². The molecule has 2 rings (SSSR count). The van der Waals surface area contributed by atoms with E-state index in [0.717, 1.165) is 5.56 Å². The van der Waals surface area contributed by atoms with Crippen LogP contribution in [0.3, 0.4) is 0 Å². The van der Waals surface area contributed by atoms with Gasteiger partial charge in [0.2, 0.25) is 0 Å². The van der Waals surface area contributed by atoms with Gasteiger partial charge in [-0.25, -0.2) is 0 Å². The Morgan fingerprint density at radius 2 is 2.05 bits per heavy atom. The maximum absolute atomic E-state index is 12.1. The summed E-state index contributed by atoms with van der Waals surface area (Å²) in [4.78, 5) is 15.9. The average molecular weight is 296 g/mol. The molecular weight excluding hydrogens is 285 g/mol. The molecule has 0 bridgehead atoms. The van der Waals surface area contributed by atoms with Crippen LogP contribution in [0.25, 0.3) is 0 Å². The Morgan fingerprint density at radius 3 is 2.74 bits per heavy atom. The van der Waals surface area contributed by atoms with E-state index >= 15 is 0 Å². The van der Waals surface area contributed by atoms with Crippen LogP contribution in [0.1, 0.15) is 15.9 Å². The van der Waals surface area contributed by atoms with Gasteiger partial charge in [0.15, 0.2) is 0 Å². The van der Waals surface area contributed by atoms with Crippen LogP contribution in [-0.2, 0) is 0 Å². The second kappa shape index (κ2) is 5.47. The number of hydrogen-bond donors (Lipinski definition) is 2. The Bertz CT molecular complexity index is 644. The highest BCUT2D eigenvalue weighted by Crippen LogP contribution is 2.27. The number of nitrogens with one attached hydrogen (secondary N) is 1. The zero-order chi connectivity index (χ0) is 14.0. The number of nitrogen functional groups attached to an aromatic ring is 1. The van der Waals surface area contributed by atoms with Gasteiger partial charge in [-0.05, 0) is 30.7 Å². The van der Waals surface area contributed by atoms with Crippen LogP contribution in [-0.4, -0.2) is 10.9 Å². The molecule has 1 aromatic carbocycles. The minimum atomic E-state index is -0.323. The van der Waals surface area contributed by atoms with Crippen molar-refractivity contribution in [3.8, 4) is 0 Å². The van der Waals surface area contributed by atoms with Crippen molar-refractivity contribution in [2.45, 2.75) is 6.92 Å². The summed E-state index contributed by atoms with van der Waals surface area (Å²) in [6.07, 6.45) is 2.92. The molecule has 4 nitrogen and oxygen atoms in total. The maximum atomic E-state index is 12.1. The fraction of sp³-hybridized carbons (Fsp3) is 0.0769. The summed E-state index contributed by atoms with van der Waals surface area (Å²) in [5.74, 6) is -0.323. The number of rotatable bonds is 2. The second-order valence-corrected chi connectivity index (χ2v) is 4.81. The minimum absolute atomic E-state index is 0.291. The monoisotopic (exact) mass is 295 g/mol. The molecule has 3 N–H and O–H groups in total. The first-order valence-electron chi connectivity index (χ1n) is 5.45. The predicted molar refractivity (Wildman–Crippen MR) is 77.8 cm³/mol. The zero-order valence-corrected chi connectivity index (χ0v) is 11.6. The van der Waals surface area contributed by atoms with E-state index in [1.807, 2.05) is 6.92 Å². The molecule has 1 aromatic heterocycles. The van der Waals surface area contributed by atoms with E-state index in [-0.39, 0.29) is 5.91 Å². The van der Waals surface area contributed by atoms with Gasteiger partial charge in [-0.1, -0.05) is 23.2 Å². The number of hydrogen-bond acceptors (Lipinski definition) is 3. The van der Waals surface area contributed by atoms with Gasteiger partial charge in [-0.2, -0.15) is 0 Å². The lowest BCUT2D eigenvalue weighted by Gasteiger charge is -2.11. The molecule has 0 spiro atoms. The minimum Gasteiger partial charge on any atom is -0.398 e. The van der Waals surface area contributed by atoms with Gasteiger partial charge in [-0.3, -0.25) is 9.78 Å². The number of carbonyl (C=O) groups is 1. The number of nitrogens with zero attached hydrogens (tertiary/aromatic N) is 1. The number of anilines is 2. The first-order valence-corrected chi connectivity index (χ1v) is 6.21. The van der Waals surface area contributed by atoms with E-state index in [1.54, 1.807) is 18.2 Å². The Morgan fingerprint density at radius 1 is 1.32 bits per heavy atom. The third-order valence-corrected chi connectivity index (χ3v) is 3.24. The van der Waals surface area contributed by atoms with Crippen LogP contribution >= 0.6 is 23.2 Å². The molecule has 0 atom stereocenters. The summed E-state index contributed by atoms with van der Waals surface area (Å²) < 4.78 is 0. The number of aryl methyl sites for hydroxylation is 1. The van der Waals surface area contributed by atoms with Crippen molar-refractivity contribution in [2.75, 3.05) is 11.1 Å². The van der Waals surface area contributed by atoms with E-state index in [0.29, 0.717) is 27.0 Å². The van der Waals surface area contributed by atoms with Crippen molar-refractivity contribution < 1.29 is 4.79 Å². The number of pyridine rings is 1. The Hall–Kier alpha value is -1.78. The third-order valence-electron chi connectivity index (χ3n) is 2.61. The Balaban J connectivity index is 2.30. The fourth-order valence-corrected chi connectivity index (χ4v) is 1.96. The highest BCUT2D eigenvalue weighted by Gasteiger charge is 2.12. The van der Waals surface area contributed by atoms with Gasteiger partial charge >= 0.3 is 0 Å². The van der Waals surface area contributed by atoms with Crippen molar-refractivity contribution in [1.82, 2.24) is 4.98 Å². The molecule has 0 aliphatic rings. The number of amides is 1. The number of carbonyl (C=O) groups excluding carboxylic acids is 1. The average Bonchev–Trinajstić information content (AvgIpc) is 2.36. The van der Waals surface area contributed by atoms with Crippen LogP contribution in [0.15, 0.2) is 30.6 Å². The van der Waals surface area contributed by atoms with E-state index in [1.165, 1.54) is 12.4 Å². The standard InChI is InChI=1S/C13H11Cl2N3O/c1-7-4-11(16)9(14)5-12(7)18-13(19)8-2-3-17-6-10(8)15/h2-6H,16H2,1H3,(H,18,19). The fourth-order valence-electron chi connectivity index (χ4n) is 1.59. The summed E-state index contributed by atoms with van der Waals surface area (Å²) in [6.45, 7) is 1.83. The molecule has 19 heavy (non-hydrogen) atoms. The zero-order valence-electron chi connectivity index (χ0n) is 10.1. The van der Waals surface area contributed by atoms with Gasteiger partial charge in [0.1, 0.15) is 0 Å². The van der Waals surface area contributed by atoms with Crippen LogP contribution in [0, 0.1) is 6.92 Å². The topological polar surface area (TPSA) is 68.0 Å². The van der Waals surface area contributed by atoms with Crippen LogP contribution < -0.4 is 11.1 Å². The molecule has 98 valence electrons. The smallest absolute Gasteiger partial charge is 0.257 e. The summed E-state index contributed by atoms with van der Waals surface area (Å²) in [7, 11) is 0. The molecule has 0 unspecified atom stereocenters. The van der Waals surface area contributed by atoms with Crippen molar-refractivity contribution in [3.63, 3.8) is 0 Å².